The summed E-state index contributed by atoms with van der Waals surface area (Å²) in [6.07, 6.45) is 1.92. The average Bonchev–Trinajstić information content (AvgIpc) is 2.59. The Morgan fingerprint density at radius 2 is 1.85 bits per heavy atom. The van der Waals surface area contributed by atoms with E-state index in [4.69, 9.17) is 0 Å². The van der Waals surface area contributed by atoms with Gasteiger partial charge in [-0.15, -0.1) is 0 Å². The number of benzene rings is 1. The second kappa shape index (κ2) is 8.00. The van der Waals surface area contributed by atoms with Crippen LogP contribution in [0.25, 0.3) is 22.6 Å². The van der Waals surface area contributed by atoms with Gasteiger partial charge >= 0.3 is 5.69 Å². The van der Waals surface area contributed by atoms with Gasteiger partial charge in [0, 0.05) is 6.54 Å². The Labute approximate surface area is 158 Å². The summed E-state index contributed by atoms with van der Waals surface area (Å²) < 4.78 is 1.96. The Bertz CT molecular complexity index is 1030. The van der Waals surface area contributed by atoms with E-state index < -0.39 is 11.2 Å². The Kier molecular flexibility index (Phi) is 5.70. The van der Waals surface area contributed by atoms with Gasteiger partial charge in [0.15, 0.2) is 11.5 Å². The number of hydrogen-bond donors (Lipinski definition) is 2. The van der Waals surface area contributed by atoms with Crippen molar-refractivity contribution in [2.45, 2.75) is 47.1 Å². The van der Waals surface area contributed by atoms with E-state index >= 15 is 0 Å². The Morgan fingerprint density at radius 1 is 1.11 bits per heavy atom. The molecule has 0 saturated heterocycles. The first-order chi connectivity index (χ1) is 12.9. The van der Waals surface area contributed by atoms with Crippen molar-refractivity contribution >= 4 is 11.0 Å². The van der Waals surface area contributed by atoms with Crippen molar-refractivity contribution in [1.29, 1.82) is 0 Å². The van der Waals surface area contributed by atoms with Gasteiger partial charge in [0.05, 0.1) is 11.0 Å². The third-order valence-electron chi connectivity index (χ3n) is 4.76. The van der Waals surface area contributed by atoms with Crippen molar-refractivity contribution in [3.8, 4) is 11.5 Å². The molecule has 2 N–H and O–H groups in total. The summed E-state index contributed by atoms with van der Waals surface area (Å²) in [7, 11) is 0. The Morgan fingerprint density at radius 3 is 2.59 bits per heavy atom. The van der Waals surface area contributed by atoms with Crippen molar-refractivity contribution in [3.05, 3.63) is 44.1 Å². The molecule has 2 aliphatic rings. The van der Waals surface area contributed by atoms with E-state index in [0.29, 0.717) is 18.3 Å². The molecule has 0 aromatic heterocycles. The van der Waals surface area contributed by atoms with Gasteiger partial charge in [-0.1, -0.05) is 13.8 Å². The van der Waals surface area contributed by atoms with Gasteiger partial charge in [0.2, 0.25) is 0 Å². The number of aromatic nitrogens is 4. The molecule has 1 aromatic carbocycles. The molecular weight excluding hydrogens is 342 g/mol. The summed E-state index contributed by atoms with van der Waals surface area (Å²) in [6.45, 7) is 11.1. The van der Waals surface area contributed by atoms with Crippen LogP contribution >= 0.6 is 0 Å². The fraction of sp³-hybridized carbons (Fsp3) is 0.500. The zero-order valence-corrected chi connectivity index (χ0v) is 16.4. The van der Waals surface area contributed by atoms with Crippen LogP contribution < -0.4 is 16.6 Å². The lowest BCUT2D eigenvalue weighted by Crippen LogP contribution is -2.29. The molecule has 0 atom stereocenters. The van der Waals surface area contributed by atoms with Crippen LogP contribution in [0.3, 0.4) is 0 Å². The highest BCUT2D eigenvalue weighted by Gasteiger charge is 2.18. The molecule has 0 unspecified atom stereocenters. The summed E-state index contributed by atoms with van der Waals surface area (Å²) >= 11 is 0. The largest absolute Gasteiger partial charge is 0.349 e. The molecule has 0 amide bonds. The second-order valence-corrected chi connectivity index (χ2v) is 7.54. The minimum absolute atomic E-state index is 0.211. The topological polar surface area (TPSA) is 92.7 Å². The highest BCUT2D eigenvalue weighted by atomic mass is 16.2. The maximum atomic E-state index is 12.2. The maximum Gasteiger partial charge on any atom is 0.349 e. The van der Waals surface area contributed by atoms with Crippen LogP contribution in [0.2, 0.25) is 0 Å². The minimum atomic E-state index is -0.634. The first kappa shape index (κ1) is 19.2. The summed E-state index contributed by atoms with van der Waals surface area (Å²) in [6, 6.07) is 4.04. The molecule has 3 rings (SSSR count). The summed E-state index contributed by atoms with van der Waals surface area (Å²) in [5, 5.41) is 3.44. The molecule has 2 heterocycles. The monoisotopic (exact) mass is 369 g/mol. The number of nitrogens with zero attached hydrogens (tertiary/aromatic N) is 3. The molecule has 0 saturated carbocycles. The highest BCUT2D eigenvalue weighted by molar-refractivity contribution is 5.81. The third kappa shape index (κ3) is 4.24. The molecule has 0 spiro atoms. The standard InChI is InChI=1S/C20H27N5O2/c1-12(2)11-21-7-5-6-8-25-16-10-14(4)13(3)9-15(16)22-17-18(25)23-20(27)24-19(17)26/h9-10,12,21H,5-8,11H2,1-4H3,(H,24,26,27). The van der Waals surface area contributed by atoms with Crippen LogP contribution in [0.1, 0.15) is 37.8 Å². The molecule has 7 heteroatoms. The van der Waals surface area contributed by atoms with Crippen LogP contribution in [-0.4, -0.2) is 32.6 Å². The van der Waals surface area contributed by atoms with E-state index in [1.165, 1.54) is 0 Å². The van der Waals surface area contributed by atoms with Gasteiger partial charge in [-0.05, 0) is 69.0 Å². The second-order valence-electron chi connectivity index (χ2n) is 7.54. The van der Waals surface area contributed by atoms with E-state index in [-0.39, 0.29) is 5.69 Å². The molecule has 0 fully saturated rings. The predicted molar refractivity (Wildman–Crippen MR) is 107 cm³/mol. The van der Waals surface area contributed by atoms with Crippen LogP contribution in [0.15, 0.2) is 21.7 Å². The number of aromatic amines is 1. The van der Waals surface area contributed by atoms with Gasteiger partial charge in [-0.3, -0.25) is 9.78 Å². The molecule has 1 aromatic rings. The lowest BCUT2D eigenvalue weighted by Gasteiger charge is -2.18. The number of aryl methyl sites for hydroxylation is 3. The van der Waals surface area contributed by atoms with E-state index in [9.17, 15) is 9.59 Å². The smallest absolute Gasteiger partial charge is 0.322 e. The quantitative estimate of drug-likeness (QED) is 0.492. The first-order valence-corrected chi connectivity index (χ1v) is 9.49. The van der Waals surface area contributed by atoms with Gasteiger partial charge in [0.25, 0.3) is 5.56 Å². The number of fused-ring (bicyclic) bond motifs is 2. The van der Waals surface area contributed by atoms with Crippen molar-refractivity contribution in [2.24, 2.45) is 5.92 Å². The fourth-order valence-electron chi connectivity index (χ4n) is 3.19. The highest BCUT2D eigenvalue weighted by Crippen LogP contribution is 2.24. The predicted octanol–water partition coefficient (Wildman–Crippen LogP) is 2.23. The van der Waals surface area contributed by atoms with E-state index in [2.05, 4.69) is 40.2 Å². The lowest BCUT2D eigenvalue weighted by atomic mass is 10.1. The van der Waals surface area contributed by atoms with E-state index in [1.54, 1.807) is 0 Å². The lowest BCUT2D eigenvalue weighted by molar-refractivity contribution is 0.521. The normalized spacial score (nSPS) is 11.7. The van der Waals surface area contributed by atoms with Crippen molar-refractivity contribution in [3.63, 3.8) is 0 Å². The number of H-pyrrole nitrogens is 1. The summed E-state index contributed by atoms with van der Waals surface area (Å²) in [4.78, 5) is 34.8. The fourth-order valence-corrected chi connectivity index (χ4v) is 3.19. The van der Waals surface area contributed by atoms with Gasteiger partial charge in [-0.25, -0.2) is 9.78 Å². The van der Waals surface area contributed by atoms with E-state index in [1.807, 2.05) is 24.5 Å². The van der Waals surface area contributed by atoms with Gasteiger partial charge in [0.1, 0.15) is 0 Å². The zero-order valence-electron chi connectivity index (χ0n) is 16.4. The number of nitrogens with one attached hydrogen (secondary N) is 2. The maximum absolute atomic E-state index is 12.2. The summed E-state index contributed by atoms with van der Waals surface area (Å²) in [5.74, 6) is 0.986. The van der Waals surface area contributed by atoms with Crippen molar-refractivity contribution < 1.29 is 0 Å². The third-order valence-corrected chi connectivity index (χ3v) is 4.76. The molecule has 0 aliphatic carbocycles. The Balaban J connectivity index is 1.98. The molecule has 27 heavy (non-hydrogen) atoms. The van der Waals surface area contributed by atoms with Crippen LogP contribution in [0, 0.1) is 19.8 Å². The van der Waals surface area contributed by atoms with Crippen LogP contribution in [0.5, 0.6) is 0 Å². The number of rotatable bonds is 7. The van der Waals surface area contributed by atoms with Crippen molar-refractivity contribution in [1.82, 2.24) is 24.8 Å². The average molecular weight is 369 g/mol. The van der Waals surface area contributed by atoms with Crippen LogP contribution in [-0.2, 0) is 6.54 Å². The van der Waals surface area contributed by atoms with Crippen molar-refractivity contribution in [2.75, 3.05) is 13.1 Å². The number of unbranched alkanes of at least 4 members (excludes halogenated alkanes) is 1. The molecule has 144 valence electrons. The molecule has 2 aliphatic heterocycles. The first-order valence-electron chi connectivity index (χ1n) is 9.49. The summed E-state index contributed by atoms with van der Waals surface area (Å²) in [5.41, 5.74) is 2.99. The Hall–Kier alpha value is -2.54. The number of hydrogen-bond acceptors (Lipinski definition) is 5. The van der Waals surface area contributed by atoms with E-state index in [0.717, 1.165) is 48.1 Å². The van der Waals surface area contributed by atoms with Crippen LogP contribution in [0.4, 0.5) is 0 Å². The molecule has 0 bridgehead atoms. The molecule has 7 nitrogen and oxygen atoms in total. The molecule has 0 radical (unpaired) electrons. The minimum Gasteiger partial charge on any atom is -0.322 e. The molecular formula is C20H27N5O2. The van der Waals surface area contributed by atoms with Gasteiger partial charge < -0.3 is 9.88 Å². The zero-order chi connectivity index (χ0) is 19.6. The van der Waals surface area contributed by atoms with Gasteiger partial charge in [-0.2, -0.15) is 4.98 Å². The SMILES string of the molecule is Cc1cc2nc3c(=O)[nH]c(=O)nc-3n(CCCCNCC(C)C)c2cc1C.